The van der Waals surface area contributed by atoms with Gasteiger partial charge < -0.3 is 14.7 Å². The molecule has 6 nitrogen and oxygen atoms in total. The number of aryl methyl sites for hydroxylation is 1. The Morgan fingerprint density at radius 3 is 2.67 bits per heavy atom. The van der Waals surface area contributed by atoms with Crippen LogP contribution >= 0.6 is 0 Å². The highest BCUT2D eigenvalue weighted by Crippen LogP contribution is 2.33. The number of sulfone groups is 1. The van der Waals surface area contributed by atoms with Crippen molar-refractivity contribution in [3.05, 3.63) is 54.2 Å². The number of anilines is 1. The number of aliphatic hydroxyl groups is 1. The van der Waals surface area contributed by atoms with Gasteiger partial charge in [0.15, 0.2) is 0 Å². The van der Waals surface area contributed by atoms with Crippen molar-refractivity contribution in [2.75, 3.05) is 25.1 Å². The van der Waals surface area contributed by atoms with Crippen LogP contribution in [-0.2, 0) is 9.84 Å². The quantitative estimate of drug-likeness (QED) is 0.745. The van der Waals surface area contributed by atoms with Crippen LogP contribution in [0.3, 0.4) is 0 Å². The van der Waals surface area contributed by atoms with E-state index in [0.29, 0.717) is 18.8 Å². The van der Waals surface area contributed by atoms with Crippen LogP contribution in [0, 0.1) is 6.92 Å². The van der Waals surface area contributed by atoms with Crippen LogP contribution in [0.2, 0.25) is 0 Å². The SMILES string of the molecule is COc1ccc(C)cc1S(=O)(=O)c1cnc2c(N3CC(O)C3)cccc2c1. The molecular weight excluding hydrogens is 364 g/mol. The fourth-order valence-corrected chi connectivity index (χ4v) is 4.78. The first kappa shape index (κ1) is 17.8. The molecule has 7 heteroatoms. The van der Waals surface area contributed by atoms with Crippen molar-refractivity contribution in [2.24, 2.45) is 0 Å². The number of fused-ring (bicyclic) bond motifs is 1. The lowest BCUT2D eigenvalue weighted by Gasteiger charge is -2.38. The first-order chi connectivity index (χ1) is 12.9. The van der Waals surface area contributed by atoms with E-state index in [2.05, 4.69) is 4.98 Å². The lowest BCUT2D eigenvalue weighted by Crippen LogP contribution is -2.50. The molecule has 140 valence electrons. The molecule has 0 radical (unpaired) electrons. The number of benzene rings is 2. The Labute approximate surface area is 158 Å². The maximum absolute atomic E-state index is 13.2. The summed E-state index contributed by atoms with van der Waals surface area (Å²) >= 11 is 0. The first-order valence-corrected chi connectivity index (χ1v) is 10.1. The monoisotopic (exact) mass is 384 g/mol. The van der Waals surface area contributed by atoms with Crippen molar-refractivity contribution >= 4 is 26.4 Å². The van der Waals surface area contributed by atoms with Crippen LogP contribution in [0.15, 0.2) is 58.5 Å². The van der Waals surface area contributed by atoms with E-state index in [4.69, 9.17) is 4.74 Å². The van der Waals surface area contributed by atoms with Gasteiger partial charge in [-0.05, 0) is 36.8 Å². The topological polar surface area (TPSA) is 79.7 Å². The summed E-state index contributed by atoms with van der Waals surface area (Å²) in [7, 11) is -2.32. The van der Waals surface area contributed by atoms with E-state index in [0.717, 1.165) is 22.2 Å². The molecule has 1 saturated heterocycles. The highest BCUT2D eigenvalue weighted by molar-refractivity contribution is 7.91. The normalized spacial score (nSPS) is 15.0. The van der Waals surface area contributed by atoms with Crippen molar-refractivity contribution in [1.82, 2.24) is 4.98 Å². The second-order valence-corrected chi connectivity index (χ2v) is 8.65. The van der Waals surface area contributed by atoms with Gasteiger partial charge in [-0.15, -0.1) is 0 Å². The predicted octanol–water partition coefficient (Wildman–Crippen LogP) is 2.57. The molecule has 0 atom stereocenters. The molecule has 2 aromatic carbocycles. The molecule has 1 fully saturated rings. The number of aliphatic hydroxyl groups excluding tert-OH is 1. The van der Waals surface area contributed by atoms with Crippen molar-refractivity contribution in [1.29, 1.82) is 0 Å². The van der Waals surface area contributed by atoms with E-state index in [1.54, 1.807) is 18.2 Å². The molecule has 0 spiro atoms. The molecule has 0 unspecified atom stereocenters. The fourth-order valence-electron chi connectivity index (χ4n) is 3.30. The molecule has 4 rings (SSSR count). The van der Waals surface area contributed by atoms with E-state index in [9.17, 15) is 13.5 Å². The summed E-state index contributed by atoms with van der Waals surface area (Å²) in [5, 5.41) is 10.3. The minimum absolute atomic E-state index is 0.125. The molecular formula is C20H20N2O4S. The molecule has 1 aliphatic heterocycles. The van der Waals surface area contributed by atoms with E-state index in [-0.39, 0.29) is 15.9 Å². The number of rotatable bonds is 4. The summed E-state index contributed by atoms with van der Waals surface area (Å²) in [5.41, 5.74) is 2.45. The highest BCUT2D eigenvalue weighted by atomic mass is 32.2. The number of pyridine rings is 1. The van der Waals surface area contributed by atoms with Gasteiger partial charge >= 0.3 is 0 Å². The van der Waals surface area contributed by atoms with E-state index < -0.39 is 9.84 Å². The molecule has 0 saturated carbocycles. The van der Waals surface area contributed by atoms with Crippen LogP contribution < -0.4 is 9.64 Å². The van der Waals surface area contributed by atoms with Gasteiger partial charge in [-0.1, -0.05) is 18.2 Å². The molecule has 1 aliphatic rings. The number of methoxy groups -OCH3 is 1. The zero-order valence-corrected chi connectivity index (χ0v) is 15.9. The highest BCUT2D eigenvalue weighted by Gasteiger charge is 2.27. The minimum atomic E-state index is -3.77. The summed E-state index contributed by atoms with van der Waals surface area (Å²) in [6.07, 6.45) is 1.06. The molecule has 2 heterocycles. The van der Waals surface area contributed by atoms with Gasteiger partial charge in [0.1, 0.15) is 10.6 Å². The van der Waals surface area contributed by atoms with Crippen molar-refractivity contribution in [3.8, 4) is 5.75 Å². The number of ether oxygens (including phenoxy) is 1. The van der Waals surface area contributed by atoms with E-state index in [1.807, 2.05) is 36.1 Å². The number of β-amino-alcohol motifs (C(OH)–C–C–N with tert-alkyl or cyclic N) is 1. The summed E-state index contributed by atoms with van der Waals surface area (Å²) in [6, 6.07) is 12.4. The zero-order valence-electron chi connectivity index (χ0n) is 15.1. The molecule has 3 aromatic rings. The van der Waals surface area contributed by atoms with Crippen molar-refractivity contribution in [3.63, 3.8) is 0 Å². The largest absolute Gasteiger partial charge is 0.495 e. The Hall–Kier alpha value is -2.64. The van der Waals surface area contributed by atoms with Gasteiger partial charge in [0.05, 0.1) is 29.3 Å². The second-order valence-electron chi connectivity index (χ2n) is 6.74. The number of hydrogen-bond acceptors (Lipinski definition) is 6. The number of nitrogens with zero attached hydrogens (tertiary/aromatic N) is 2. The van der Waals surface area contributed by atoms with Gasteiger partial charge in [-0.25, -0.2) is 8.42 Å². The van der Waals surface area contributed by atoms with Gasteiger partial charge in [0.25, 0.3) is 0 Å². The van der Waals surface area contributed by atoms with Crippen molar-refractivity contribution < 1.29 is 18.3 Å². The molecule has 1 N–H and O–H groups in total. The average molecular weight is 384 g/mol. The molecule has 27 heavy (non-hydrogen) atoms. The zero-order chi connectivity index (χ0) is 19.2. The Bertz CT molecular complexity index is 1120. The average Bonchev–Trinajstić information content (AvgIpc) is 2.64. The maximum Gasteiger partial charge on any atom is 0.211 e. The van der Waals surface area contributed by atoms with Crippen molar-refractivity contribution in [2.45, 2.75) is 22.8 Å². The lowest BCUT2D eigenvalue weighted by atomic mass is 10.1. The fraction of sp³-hybridized carbons (Fsp3) is 0.250. The Morgan fingerprint density at radius 1 is 1.19 bits per heavy atom. The third-order valence-corrected chi connectivity index (χ3v) is 6.53. The minimum Gasteiger partial charge on any atom is -0.495 e. The maximum atomic E-state index is 13.2. The Kier molecular flexibility index (Phi) is 4.28. The number of para-hydroxylation sites is 1. The van der Waals surface area contributed by atoms with Gasteiger partial charge in [-0.2, -0.15) is 0 Å². The lowest BCUT2D eigenvalue weighted by molar-refractivity contribution is 0.142. The Balaban J connectivity index is 1.82. The van der Waals surface area contributed by atoms with Gasteiger partial charge in [-0.3, -0.25) is 4.98 Å². The standard InChI is InChI=1S/C20H20N2O4S/c1-13-6-7-18(26-2)19(8-13)27(24,25)16-9-14-4-3-5-17(20(14)21-10-16)22-11-15(23)12-22/h3-10,15,23H,11-12H2,1-2H3. The third kappa shape index (κ3) is 3.02. The van der Waals surface area contributed by atoms with Crippen LogP contribution in [0.4, 0.5) is 5.69 Å². The second kappa shape index (κ2) is 6.51. The van der Waals surface area contributed by atoms with E-state index >= 15 is 0 Å². The van der Waals surface area contributed by atoms with Crippen LogP contribution in [0.5, 0.6) is 5.75 Å². The summed E-state index contributed by atoms with van der Waals surface area (Å²) in [6.45, 7) is 2.95. The van der Waals surface area contributed by atoms with Crippen LogP contribution in [0.1, 0.15) is 5.56 Å². The molecule has 0 bridgehead atoms. The van der Waals surface area contributed by atoms with Crippen LogP contribution in [-0.4, -0.2) is 44.8 Å². The van der Waals surface area contributed by atoms with E-state index in [1.165, 1.54) is 13.3 Å². The Morgan fingerprint density at radius 2 is 1.96 bits per heavy atom. The molecule has 0 amide bonds. The smallest absolute Gasteiger partial charge is 0.211 e. The van der Waals surface area contributed by atoms with Gasteiger partial charge in [0.2, 0.25) is 9.84 Å². The number of aromatic nitrogens is 1. The third-order valence-electron chi connectivity index (χ3n) is 4.79. The first-order valence-electron chi connectivity index (χ1n) is 8.61. The summed E-state index contributed by atoms with van der Waals surface area (Å²) in [5.74, 6) is 0.309. The summed E-state index contributed by atoms with van der Waals surface area (Å²) < 4.78 is 31.6. The van der Waals surface area contributed by atoms with Crippen LogP contribution in [0.25, 0.3) is 10.9 Å². The molecule has 1 aromatic heterocycles. The predicted molar refractivity (Wildman–Crippen MR) is 103 cm³/mol. The van der Waals surface area contributed by atoms with Gasteiger partial charge in [0, 0.05) is 24.7 Å². The summed E-state index contributed by atoms with van der Waals surface area (Å²) in [4.78, 5) is 6.72. The molecule has 0 aliphatic carbocycles. The number of hydrogen-bond donors (Lipinski definition) is 1.